The van der Waals surface area contributed by atoms with Gasteiger partial charge in [0, 0.05) is 13.6 Å². The van der Waals surface area contributed by atoms with Gasteiger partial charge in [-0.05, 0) is 55.2 Å². The Balaban J connectivity index is 1.85. The largest absolute Gasteiger partial charge is 0.494 e. The minimum atomic E-state index is -3.94. The predicted octanol–water partition coefficient (Wildman–Crippen LogP) is 3.94. The number of sulfonamides is 1. The summed E-state index contributed by atoms with van der Waals surface area (Å²) in [6, 6.07) is 22.7. The smallest absolute Gasteiger partial charge is 0.241 e. The molecule has 3 aromatic carbocycles. The molecule has 0 spiro atoms. The summed E-state index contributed by atoms with van der Waals surface area (Å²) in [5.41, 5.74) is 2.55. The molecule has 0 fully saturated rings. The lowest BCUT2D eigenvalue weighted by Gasteiger charge is -2.25. The molecule has 33 heavy (non-hydrogen) atoms. The average Bonchev–Trinajstić information content (AvgIpc) is 2.80. The van der Waals surface area contributed by atoms with Crippen LogP contribution in [-0.4, -0.2) is 38.9 Å². The quantitative estimate of drug-likeness (QED) is 0.491. The molecule has 1 N–H and O–H groups in total. The van der Waals surface area contributed by atoms with Gasteiger partial charge >= 0.3 is 0 Å². The van der Waals surface area contributed by atoms with E-state index >= 15 is 0 Å². The first kappa shape index (κ1) is 24.5. The standard InChI is InChI=1S/C26H30N2O4S/c1-4-32-25-16-15-23(17-20(25)2)33(30,31)27-24(18-21-11-7-5-8-12-21)26(29)28(3)19-22-13-9-6-10-14-22/h5-17,24,27H,4,18-19H2,1-3H3/t24-/m1/s1. The van der Waals surface area contributed by atoms with Crippen molar-refractivity contribution in [3.63, 3.8) is 0 Å². The molecule has 0 radical (unpaired) electrons. The SMILES string of the molecule is CCOc1ccc(S(=O)(=O)N[C@H](Cc2ccccc2)C(=O)N(C)Cc2ccccc2)cc1C. The van der Waals surface area contributed by atoms with Crippen LogP contribution in [0.4, 0.5) is 0 Å². The summed E-state index contributed by atoms with van der Waals surface area (Å²) in [6.45, 7) is 4.54. The summed E-state index contributed by atoms with van der Waals surface area (Å²) in [5, 5.41) is 0. The Morgan fingerprint density at radius 2 is 1.58 bits per heavy atom. The van der Waals surface area contributed by atoms with Crippen molar-refractivity contribution in [2.24, 2.45) is 0 Å². The van der Waals surface area contributed by atoms with Crippen molar-refractivity contribution in [1.29, 1.82) is 0 Å². The van der Waals surface area contributed by atoms with Crippen LogP contribution in [0.2, 0.25) is 0 Å². The highest BCUT2D eigenvalue weighted by Crippen LogP contribution is 2.22. The Kier molecular flexibility index (Phi) is 8.25. The van der Waals surface area contributed by atoms with Crippen LogP contribution in [0, 0.1) is 6.92 Å². The van der Waals surface area contributed by atoms with Crippen molar-refractivity contribution in [3.8, 4) is 5.75 Å². The van der Waals surface area contributed by atoms with E-state index in [2.05, 4.69) is 4.72 Å². The zero-order valence-corrected chi connectivity index (χ0v) is 20.0. The van der Waals surface area contributed by atoms with Crippen molar-refractivity contribution < 1.29 is 17.9 Å². The van der Waals surface area contributed by atoms with Crippen molar-refractivity contribution in [3.05, 3.63) is 95.6 Å². The molecule has 0 saturated carbocycles. The number of ether oxygens (including phenoxy) is 1. The lowest BCUT2D eigenvalue weighted by atomic mass is 10.1. The molecule has 174 valence electrons. The maximum absolute atomic E-state index is 13.3. The fourth-order valence-corrected chi connectivity index (χ4v) is 4.87. The molecule has 1 atom stereocenters. The van der Waals surface area contributed by atoms with Gasteiger partial charge in [0.15, 0.2) is 0 Å². The van der Waals surface area contributed by atoms with Crippen LogP contribution < -0.4 is 9.46 Å². The zero-order valence-electron chi connectivity index (χ0n) is 19.2. The van der Waals surface area contributed by atoms with Gasteiger partial charge in [-0.15, -0.1) is 0 Å². The van der Waals surface area contributed by atoms with Crippen molar-refractivity contribution >= 4 is 15.9 Å². The van der Waals surface area contributed by atoms with E-state index in [1.54, 1.807) is 31.0 Å². The first-order valence-corrected chi connectivity index (χ1v) is 12.4. The van der Waals surface area contributed by atoms with Crippen molar-refractivity contribution in [1.82, 2.24) is 9.62 Å². The number of rotatable bonds is 10. The summed E-state index contributed by atoms with van der Waals surface area (Å²) in [6.07, 6.45) is 0.244. The Labute approximate surface area is 196 Å². The third-order valence-electron chi connectivity index (χ3n) is 5.27. The molecule has 1 amide bonds. The molecular weight excluding hydrogens is 436 g/mol. The van der Waals surface area contributed by atoms with E-state index in [1.165, 1.54) is 6.07 Å². The van der Waals surface area contributed by atoms with E-state index in [0.717, 1.165) is 11.1 Å². The van der Waals surface area contributed by atoms with Crippen LogP contribution in [0.1, 0.15) is 23.6 Å². The van der Waals surface area contributed by atoms with Crippen molar-refractivity contribution in [2.45, 2.75) is 37.8 Å². The van der Waals surface area contributed by atoms with Gasteiger partial charge in [0.2, 0.25) is 15.9 Å². The van der Waals surface area contributed by atoms with Gasteiger partial charge in [0.1, 0.15) is 11.8 Å². The monoisotopic (exact) mass is 466 g/mol. The third-order valence-corrected chi connectivity index (χ3v) is 6.74. The second-order valence-corrected chi connectivity index (χ2v) is 9.62. The number of benzene rings is 3. The van der Waals surface area contributed by atoms with Crippen LogP contribution >= 0.6 is 0 Å². The van der Waals surface area contributed by atoms with E-state index in [-0.39, 0.29) is 17.2 Å². The van der Waals surface area contributed by atoms with Crippen LogP contribution in [0.3, 0.4) is 0 Å². The molecule has 6 nitrogen and oxygen atoms in total. The van der Waals surface area contributed by atoms with Gasteiger partial charge in [-0.3, -0.25) is 4.79 Å². The van der Waals surface area contributed by atoms with Crippen LogP contribution in [-0.2, 0) is 27.8 Å². The number of hydrogen-bond acceptors (Lipinski definition) is 4. The Hall–Kier alpha value is -3.16. The second kappa shape index (κ2) is 11.1. The molecule has 0 aromatic heterocycles. The normalized spacial score (nSPS) is 12.2. The lowest BCUT2D eigenvalue weighted by Crippen LogP contribution is -2.48. The lowest BCUT2D eigenvalue weighted by molar-refractivity contribution is -0.132. The van der Waals surface area contributed by atoms with Gasteiger partial charge in [0.05, 0.1) is 11.5 Å². The van der Waals surface area contributed by atoms with Crippen LogP contribution in [0.5, 0.6) is 5.75 Å². The van der Waals surface area contributed by atoms with Gasteiger partial charge in [0.25, 0.3) is 0 Å². The fourth-order valence-electron chi connectivity index (χ4n) is 3.59. The summed E-state index contributed by atoms with van der Waals surface area (Å²) in [5.74, 6) is 0.338. The predicted molar refractivity (Wildman–Crippen MR) is 130 cm³/mol. The molecule has 3 rings (SSSR count). The Morgan fingerprint density at radius 3 is 2.15 bits per heavy atom. The minimum absolute atomic E-state index is 0.0972. The first-order chi connectivity index (χ1) is 15.8. The molecule has 0 aliphatic carbocycles. The molecule has 3 aromatic rings. The zero-order chi connectivity index (χ0) is 23.8. The fraction of sp³-hybridized carbons (Fsp3) is 0.269. The number of nitrogens with one attached hydrogen (secondary N) is 1. The highest BCUT2D eigenvalue weighted by Gasteiger charge is 2.28. The summed E-state index contributed by atoms with van der Waals surface area (Å²) >= 11 is 0. The molecule has 0 bridgehead atoms. The molecule has 0 heterocycles. The molecule has 0 saturated heterocycles. The maximum Gasteiger partial charge on any atom is 0.241 e. The van der Waals surface area contributed by atoms with Crippen molar-refractivity contribution in [2.75, 3.05) is 13.7 Å². The molecule has 0 aliphatic rings. The van der Waals surface area contributed by atoms with E-state index in [9.17, 15) is 13.2 Å². The number of amides is 1. The third kappa shape index (κ3) is 6.66. The molecule has 0 aliphatic heterocycles. The average molecular weight is 467 g/mol. The maximum atomic E-state index is 13.3. The number of hydrogen-bond donors (Lipinski definition) is 1. The van der Waals surface area contributed by atoms with Crippen LogP contribution in [0.25, 0.3) is 0 Å². The Bertz CT molecular complexity index is 1170. The topological polar surface area (TPSA) is 75.7 Å². The number of carbonyl (C=O) groups is 1. The summed E-state index contributed by atoms with van der Waals surface area (Å²) in [4.78, 5) is 15.0. The van der Waals surface area contributed by atoms with Crippen LogP contribution in [0.15, 0.2) is 83.8 Å². The van der Waals surface area contributed by atoms with Gasteiger partial charge in [-0.25, -0.2) is 8.42 Å². The van der Waals surface area contributed by atoms with Gasteiger partial charge in [-0.2, -0.15) is 4.72 Å². The van der Waals surface area contributed by atoms with E-state index in [4.69, 9.17) is 4.74 Å². The molecule has 7 heteroatoms. The number of likely N-dealkylation sites (N-methyl/N-ethyl adjacent to an activating group) is 1. The van der Waals surface area contributed by atoms with E-state index < -0.39 is 16.1 Å². The number of nitrogens with zero attached hydrogens (tertiary/aromatic N) is 1. The highest BCUT2D eigenvalue weighted by atomic mass is 32.2. The van der Waals surface area contributed by atoms with Gasteiger partial charge in [-0.1, -0.05) is 60.7 Å². The van der Waals surface area contributed by atoms with E-state index in [0.29, 0.717) is 24.5 Å². The molecule has 0 unspecified atom stereocenters. The second-order valence-electron chi connectivity index (χ2n) is 7.90. The first-order valence-electron chi connectivity index (χ1n) is 10.9. The highest BCUT2D eigenvalue weighted by molar-refractivity contribution is 7.89. The molecular formula is C26H30N2O4S. The number of aryl methyl sites for hydroxylation is 1. The minimum Gasteiger partial charge on any atom is -0.494 e. The van der Waals surface area contributed by atoms with Gasteiger partial charge < -0.3 is 9.64 Å². The summed E-state index contributed by atoms with van der Waals surface area (Å²) in [7, 11) is -2.26. The summed E-state index contributed by atoms with van der Waals surface area (Å²) < 4.78 is 34.6. The number of carbonyl (C=O) groups excluding carboxylic acids is 1. The Morgan fingerprint density at radius 1 is 0.970 bits per heavy atom. The van der Waals surface area contributed by atoms with E-state index in [1.807, 2.05) is 67.6 Å².